The van der Waals surface area contributed by atoms with Crippen LogP contribution in [0.4, 0.5) is 0 Å². The number of hydrogen-bond donors (Lipinski definition) is 1. The molecule has 0 aromatic carbocycles. The predicted molar refractivity (Wildman–Crippen MR) is 64.7 cm³/mol. The molecule has 0 amide bonds. The number of nitrogens with zero attached hydrogens (tertiary/aromatic N) is 1. The minimum Gasteiger partial charge on any atom is -0.313 e. The fraction of sp³-hybridized carbons (Fsp3) is 1.00. The highest BCUT2D eigenvalue weighted by Crippen LogP contribution is 2.13. The summed E-state index contributed by atoms with van der Waals surface area (Å²) in [6, 6.07) is 1.80. The standard InChI is InChI=1S/C12H28N2/c1-8-13-10(4)12(6)14(7)11(5)9(2)3/h9-13H,8H2,1-7H3. The zero-order valence-electron chi connectivity index (χ0n) is 11.0. The van der Waals surface area contributed by atoms with Gasteiger partial charge in [-0.05, 0) is 40.3 Å². The Labute approximate surface area is 90.1 Å². The van der Waals surface area contributed by atoms with Crippen LogP contribution in [0.2, 0.25) is 0 Å². The van der Waals surface area contributed by atoms with Crippen LogP contribution in [0, 0.1) is 5.92 Å². The van der Waals surface area contributed by atoms with Crippen molar-refractivity contribution in [2.45, 2.75) is 59.7 Å². The second kappa shape index (κ2) is 6.41. The van der Waals surface area contributed by atoms with E-state index in [2.05, 4.69) is 58.8 Å². The lowest BCUT2D eigenvalue weighted by Crippen LogP contribution is -2.49. The van der Waals surface area contributed by atoms with Crippen LogP contribution in [0.5, 0.6) is 0 Å². The van der Waals surface area contributed by atoms with Crippen LogP contribution in [-0.4, -0.2) is 36.6 Å². The lowest BCUT2D eigenvalue weighted by atomic mass is 10.0. The zero-order valence-corrected chi connectivity index (χ0v) is 11.0. The molecule has 0 saturated carbocycles. The van der Waals surface area contributed by atoms with E-state index in [1.165, 1.54) is 0 Å². The smallest absolute Gasteiger partial charge is 0.0218 e. The van der Waals surface area contributed by atoms with Crippen molar-refractivity contribution in [3.05, 3.63) is 0 Å². The van der Waals surface area contributed by atoms with E-state index < -0.39 is 0 Å². The lowest BCUT2D eigenvalue weighted by Gasteiger charge is -2.36. The van der Waals surface area contributed by atoms with Crippen LogP contribution >= 0.6 is 0 Å². The minimum absolute atomic E-state index is 0.561. The Bertz CT molecular complexity index is 145. The van der Waals surface area contributed by atoms with Crippen LogP contribution in [0.15, 0.2) is 0 Å². The van der Waals surface area contributed by atoms with E-state index in [1.807, 2.05) is 0 Å². The highest BCUT2D eigenvalue weighted by Gasteiger charge is 2.21. The number of hydrogen-bond acceptors (Lipinski definition) is 2. The maximum atomic E-state index is 3.48. The Balaban J connectivity index is 4.15. The Hall–Kier alpha value is -0.0800. The van der Waals surface area contributed by atoms with Crippen LogP contribution in [0.25, 0.3) is 0 Å². The summed E-state index contributed by atoms with van der Waals surface area (Å²) < 4.78 is 0. The van der Waals surface area contributed by atoms with Crippen LogP contribution in [-0.2, 0) is 0 Å². The molecular weight excluding hydrogens is 172 g/mol. The molecule has 0 rings (SSSR count). The van der Waals surface area contributed by atoms with Gasteiger partial charge in [0.25, 0.3) is 0 Å². The molecular formula is C12H28N2. The van der Waals surface area contributed by atoms with Gasteiger partial charge in [-0.1, -0.05) is 20.8 Å². The lowest BCUT2D eigenvalue weighted by molar-refractivity contribution is 0.134. The number of nitrogens with one attached hydrogen (secondary N) is 1. The number of rotatable bonds is 6. The van der Waals surface area contributed by atoms with Gasteiger partial charge in [0.05, 0.1) is 0 Å². The summed E-state index contributed by atoms with van der Waals surface area (Å²) >= 11 is 0. The topological polar surface area (TPSA) is 15.3 Å². The van der Waals surface area contributed by atoms with Crippen molar-refractivity contribution in [2.75, 3.05) is 13.6 Å². The Morgan fingerprint density at radius 2 is 1.50 bits per heavy atom. The van der Waals surface area contributed by atoms with E-state index in [0.29, 0.717) is 18.1 Å². The second-order valence-corrected chi connectivity index (χ2v) is 4.74. The molecule has 2 nitrogen and oxygen atoms in total. The highest BCUT2D eigenvalue weighted by molar-refractivity contribution is 4.79. The van der Waals surface area contributed by atoms with Crippen LogP contribution in [0.3, 0.4) is 0 Å². The third-order valence-electron chi connectivity index (χ3n) is 3.50. The fourth-order valence-corrected chi connectivity index (χ4v) is 1.69. The number of likely N-dealkylation sites (N-methyl/N-ethyl adjacent to an activating group) is 2. The monoisotopic (exact) mass is 200 g/mol. The van der Waals surface area contributed by atoms with Crippen LogP contribution in [0.1, 0.15) is 41.5 Å². The third-order valence-corrected chi connectivity index (χ3v) is 3.50. The van der Waals surface area contributed by atoms with Gasteiger partial charge in [0.15, 0.2) is 0 Å². The first kappa shape index (κ1) is 13.9. The van der Waals surface area contributed by atoms with Gasteiger partial charge >= 0.3 is 0 Å². The molecule has 0 aromatic heterocycles. The maximum absolute atomic E-state index is 3.48. The van der Waals surface area contributed by atoms with Gasteiger partial charge in [-0.3, -0.25) is 4.90 Å². The highest BCUT2D eigenvalue weighted by atomic mass is 15.2. The van der Waals surface area contributed by atoms with Crippen molar-refractivity contribution < 1.29 is 0 Å². The van der Waals surface area contributed by atoms with E-state index in [9.17, 15) is 0 Å². The van der Waals surface area contributed by atoms with Gasteiger partial charge < -0.3 is 5.32 Å². The largest absolute Gasteiger partial charge is 0.313 e. The second-order valence-electron chi connectivity index (χ2n) is 4.74. The average molecular weight is 200 g/mol. The van der Waals surface area contributed by atoms with E-state index in [4.69, 9.17) is 0 Å². The Morgan fingerprint density at radius 3 is 1.86 bits per heavy atom. The average Bonchev–Trinajstić information content (AvgIpc) is 2.14. The molecule has 0 aliphatic heterocycles. The molecule has 0 aliphatic carbocycles. The van der Waals surface area contributed by atoms with Gasteiger partial charge in [-0.2, -0.15) is 0 Å². The molecule has 2 heteroatoms. The summed E-state index contributed by atoms with van der Waals surface area (Å²) in [5.41, 5.74) is 0. The molecule has 0 aromatic rings. The molecule has 1 N–H and O–H groups in total. The molecule has 0 heterocycles. The summed E-state index contributed by atoms with van der Waals surface area (Å²) in [6.07, 6.45) is 0. The van der Waals surface area contributed by atoms with Crippen molar-refractivity contribution in [1.29, 1.82) is 0 Å². The van der Waals surface area contributed by atoms with Gasteiger partial charge in [0.2, 0.25) is 0 Å². The first-order chi connectivity index (χ1) is 6.41. The molecule has 0 fully saturated rings. The van der Waals surface area contributed by atoms with Crippen molar-refractivity contribution in [2.24, 2.45) is 5.92 Å². The summed E-state index contributed by atoms with van der Waals surface area (Å²) in [5, 5.41) is 3.48. The summed E-state index contributed by atoms with van der Waals surface area (Å²) in [6.45, 7) is 14.6. The first-order valence-corrected chi connectivity index (χ1v) is 5.87. The Kier molecular flexibility index (Phi) is 6.38. The van der Waals surface area contributed by atoms with Crippen molar-refractivity contribution in [3.8, 4) is 0 Å². The molecule has 0 spiro atoms. The molecule has 3 unspecified atom stereocenters. The fourth-order valence-electron chi connectivity index (χ4n) is 1.69. The van der Waals surface area contributed by atoms with Crippen molar-refractivity contribution in [1.82, 2.24) is 10.2 Å². The zero-order chi connectivity index (χ0) is 11.3. The van der Waals surface area contributed by atoms with E-state index >= 15 is 0 Å². The molecule has 3 atom stereocenters. The van der Waals surface area contributed by atoms with E-state index in [1.54, 1.807) is 0 Å². The molecule has 86 valence electrons. The maximum Gasteiger partial charge on any atom is 0.0218 e. The van der Waals surface area contributed by atoms with E-state index in [-0.39, 0.29) is 0 Å². The predicted octanol–water partition coefficient (Wildman–Crippen LogP) is 2.35. The SMILES string of the molecule is CCNC(C)C(C)N(C)C(C)C(C)C. The molecule has 14 heavy (non-hydrogen) atoms. The quantitative estimate of drug-likeness (QED) is 0.708. The molecule has 0 bridgehead atoms. The third kappa shape index (κ3) is 3.97. The van der Waals surface area contributed by atoms with Gasteiger partial charge in [-0.15, -0.1) is 0 Å². The Morgan fingerprint density at radius 1 is 1.00 bits per heavy atom. The van der Waals surface area contributed by atoms with Gasteiger partial charge in [0, 0.05) is 18.1 Å². The normalized spacial score (nSPS) is 18.6. The summed E-state index contributed by atoms with van der Waals surface area (Å²) in [4.78, 5) is 2.47. The summed E-state index contributed by atoms with van der Waals surface area (Å²) in [7, 11) is 2.23. The summed E-state index contributed by atoms with van der Waals surface area (Å²) in [5.74, 6) is 0.719. The minimum atomic E-state index is 0.561. The van der Waals surface area contributed by atoms with E-state index in [0.717, 1.165) is 12.5 Å². The first-order valence-electron chi connectivity index (χ1n) is 5.87. The van der Waals surface area contributed by atoms with Crippen molar-refractivity contribution in [3.63, 3.8) is 0 Å². The van der Waals surface area contributed by atoms with Crippen molar-refractivity contribution >= 4 is 0 Å². The molecule has 0 radical (unpaired) electrons. The molecule has 0 aliphatic rings. The molecule has 0 saturated heterocycles. The van der Waals surface area contributed by atoms with Gasteiger partial charge in [-0.25, -0.2) is 0 Å². The van der Waals surface area contributed by atoms with Gasteiger partial charge in [0.1, 0.15) is 0 Å². The van der Waals surface area contributed by atoms with Crippen LogP contribution < -0.4 is 5.32 Å².